The van der Waals surface area contributed by atoms with Gasteiger partial charge in [0.25, 0.3) is 0 Å². The molecule has 1 saturated heterocycles. The van der Waals surface area contributed by atoms with Gasteiger partial charge in [0, 0.05) is 12.8 Å². The van der Waals surface area contributed by atoms with Crippen molar-refractivity contribution in [2.24, 2.45) is 0 Å². The third kappa shape index (κ3) is 33.3. The molecule has 0 amide bonds. The number of phosphoric ester groups is 1. The maximum absolute atomic E-state index is 12.4. The van der Waals surface area contributed by atoms with Crippen molar-refractivity contribution in [3.05, 3.63) is 97.2 Å². The maximum atomic E-state index is 12.4. The Morgan fingerprint density at radius 1 is 0.623 bits per heavy atom. The molecule has 2 N–H and O–H groups in total. The molecule has 53 heavy (non-hydrogen) atoms. The van der Waals surface area contributed by atoms with E-state index in [0.717, 1.165) is 51.4 Å². The number of esters is 2. The van der Waals surface area contributed by atoms with E-state index >= 15 is 0 Å². The Labute approximate surface area is 319 Å². The Morgan fingerprint density at radius 3 is 1.62 bits per heavy atom. The highest BCUT2D eigenvalue weighted by Gasteiger charge is 2.36. The second kappa shape index (κ2) is 33.5. The van der Waals surface area contributed by atoms with Gasteiger partial charge in [0.05, 0.1) is 18.8 Å². The first kappa shape index (κ1) is 48.0. The minimum Gasteiger partial charge on any atom is -0.462 e. The number of epoxide rings is 1. The zero-order valence-electron chi connectivity index (χ0n) is 32.3. The van der Waals surface area contributed by atoms with Gasteiger partial charge in [-0.2, -0.15) is 0 Å². The van der Waals surface area contributed by atoms with E-state index in [9.17, 15) is 14.2 Å². The van der Waals surface area contributed by atoms with Gasteiger partial charge in [-0.1, -0.05) is 130 Å². The number of hydrogen-bond acceptors (Lipinski definition) is 7. The lowest BCUT2D eigenvalue weighted by Crippen LogP contribution is -2.29. The number of carbonyl (C=O) groups is 2. The highest BCUT2D eigenvalue weighted by Crippen LogP contribution is 2.36. The average Bonchev–Trinajstić information content (AvgIpc) is 3.88. The van der Waals surface area contributed by atoms with Crippen LogP contribution in [0.25, 0.3) is 0 Å². The van der Waals surface area contributed by atoms with Gasteiger partial charge in [0.2, 0.25) is 0 Å². The Morgan fingerprint density at radius 2 is 1.11 bits per heavy atom. The van der Waals surface area contributed by atoms with Gasteiger partial charge < -0.3 is 24.0 Å². The highest BCUT2D eigenvalue weighted by atomic mass is 31.2. The van der Waals surface area contributed by atoms with Crippen LogP contribution in [0.15, 0.2) is 97.2 Å². The van der Waals surface area contributed by atoms with E-state index in [1.54, 1.807) is 0 Å². The molecule has 0 saturated carbocycles. The zero-order chi connectivity index (χ0) is 38.7. The number of phosphoric acid groups is 1. The van der Waals surface area contributed by atoms with Gasteiger partial charge in [-0.05, 0) is 83.5 Å². The average molecular weight is 759 g/mol. The van der Waals surface area contributed by atoms with Crippen LogP contribution in [0.1, 0.15) is 129 Å². The largest absolute Gasteiger partial charge is 0.469 e. The molecular formula is C43H67O9P. The maximum Gasteiger partial charge on any atom is 0.469 e. The predicted octanol–water partition coefficient (Wildman–Crippen LogP) is 10.8. The fourth-order valence-electron chi connectivity index (χ4n) is 5.02. The van der Waals surface area contributed by atoms with Crippen LogP contribution in [-0.2, 0) is 32.9 Å². The van der Waals surface area contributed by atoms with Crippen LogP contribution in [0.3, 0.4) is 0 Å². The molecule has 1 heterocycles. The first-order valence-electron chi connectivity index (χ1n) is 19.7. The Hall–Kier alpha value is -3.07. The monoisotopic (exact) mass is 758 g/mol. The lowest BCUT2D eigenvalue weighted by atomic mass is 10.1. The molecule has 10 heteroatoms. The SMILES string of the molecule is CC/C=C\C/C=C\C/C=C\C/C=C\C/C=C\CCCC(=O)O[C@H](COC(=O)CCC/C=C\C/C=C\C/C=C\CC1OC1CCCCC)COP(=O)(O)O. The molecular weight excluding hydrogens is 691 g/mol. The molecule has 1 aliphatic heterocycles. The fourth-order valence-corrected chi connectivity index (χ4v) is 5.38. The van der Waals surface area contributed by atoms with E-state index in [1.807, 2.05) is 18.2 Å². The first-order chi connectivity index (χ1) is 25.7. The van der Waals surface area contributed by atoms with Gasteiger partial charge in [-0.15, -0.1) is 0 Å². The standard InChI is InChI=1S/C43H67O9P/c1-3-5-7-8-9-10-11-12-13-14-15-16-17-22-25-28-32-36-43(45)51-39(38-50-53(46,47)48)37-49-42(44)35-31-27-24-21-19-18-20-23-26-30-34-41-40(52-41)33-29-6-4-2/h5,7,9-10,12-13,15-16,18,20-22,24-26,30,39-41H,3-4,6,8,11,14,17,19,23,27-29,31-38H2,1-2H3,(H2,46,47,48)/b7-5-,10-9-,13-12-,16-15-,20-18-,24-21-,25-22-,30-26-/t39-,40?,41?/m1/s1. The van der Waals surface area contributed by atoms with Crippen molar-refractivity contribution in [3.63, 3.8) is 0 Å². The van der Waals surface area contributed by atoms with Gasteiger partial charge in [0.15, 0.2) is 6.10 Å². The van der Waals surface area contributed by atoms with Crippen molar-refractivity contribution in [2.75, 3.05) is 13.2 Å². The highest BCUT2D eigenvalue weighted by molar-refractivity contribution is 7.46. The van der Waals surface area contributed by atoms with Gasteiger partial charge in [0.1, 0.15) is 6.61 Å². The van der Waals surface area contributed by atoms with Crippen LogP contribution in [0, 0.1) is 0 Å². The number of rotatable bonds is 33. The summed E-state index contributed by atoms with van der Waals surface area (Å²) in [5.74, 6) is -1.04. The summed E-state index contributed by atoms with van der Waals surface area (Å²) in [7, 11) is -4.79. The summed E-state index contributed by atoms with van der Waals surface area (Å²) >= 11 is 0. The lowest BCUT2D eigenvalue weighted by molar-refractivity contribution is -0.161. The van der Waals surface area contributed by atoms with Crippen LogP contribution in [-0.4, -0.2) is 53.3 Å². The molecule has 1 fully saturated rings. The molecule has 0 radical (unpaired) electrons. The number of allylic oxidation sites excluding steroid dienone is 15. The Balaban J connectivity index is 2.18. The molecule has 0 aromatic rings. The van der Waals surface area contributed by atoms with Crippen molar-refractivity contribution in [1.82, 2.24) is 0 Å². The second-order valence-electron chi connectivity index (χ2n) is 12.9. The third-order valence-corrected chi connectivity index (χ3v) is 8.50. The van der Waals surface area contributed by atoms with Crippen LogP contribution in [0.4, 0.5) is 0 Å². The molecule has 0 spiro atoms. The van der Waals surface area contributed by atoms with E-state index in [-0.39, 0.29) is 19.4 Å². The molecule has 0 aliphatic carbocycles. The smallest absolute Gasteiger partial charge is 0.462 e. The Bertz CT molecular complexity index is 1240. The molecule has 1 aliphatic rings. The molecule has 0 bridgehead atoms. The molecule has 0 aromatic heterocycles. The van der Waals surface area contributed by atoms with Crippen LogP contribution in [0.5, 0.6) is 0 Å². The van der Waals surface area contributed by atoms with E-state index < -0.39 is 32.5 Å². The van der Waals surface area contributed by atoms with E-state index in [0.29, 0.717) is 37.9 Å². The minimum atomic E-state index is -4.79. The predicted molar refractivity (Wildman–Crippen MR) is 215 cm³/mol. The van der Waals surface area contributed by atoms with Crippen LogP contribution >= 0.6 is 7.82 Å². The number of ether oxygens (including phenoxy) is 3. The number of hydrogen-bond donors (Lipinski definition) is 2. The van der Waals surface area contributed by atoms with E-state index in [1.165, 1.54) is 25.7 Å². The van der Waals surface area contributed by atoms with Crippen molar-refractivity contribution >= 4 is 19.8 Å². The van der Waals surface area contributed by atoms with Gasteiger partial charge in [-0.3, -0.25) is 14.1 Å². The quantitative estimate of drug-likeness (QED) is 0.0221. The zero-order valence-corrected chi connectivity index (χ0v) is 33.2. The van der Waals surface area contributed by atoms with Crippen molar-refractivity contribution in [3.8, 4) is 0 Å². The lowest BCUT2D eigenvalue weighted by Gasteiger charge is -2.18. The molecule has 3 atom stereocenters. The van der Waals surface area contributed by atoms with Gasteiger partial charge >= 0.3 is 19.8 Å². The first-order valence-corrected chi connectivity index (χ1v) is 21.2. The minimum absolute atomic E-state index is 0.113. The summed E-state index contributed by atoms with van der Waals surface area (Å²) in [6.45, 7) is 3.42. The normalized spacial score (nSPS) is 17.4. The van der Waals surface area contributed by atoms with Crippen LogP contribution < -0.4 is 0 Å². The number of unbranched alkanes of at least 4 members (excludes halogenated alkanes) is 4. The topological polar surface area (TPSA) is 132 Å². The molecule has 0 aromatic carbocycles. The van der Waals surface area contributed by atoms with Crippen LogP contribution in [0.2, 0.25) is 0 Å². The summed E-state index contributed by atoms with van der Waals surface area (Å²) in [6.07, 6.45) is 48.9. The van der Waals surface area contributed by atoms with Crippen molar-refractivity contribution < 1.29 is 42.7 Å². The van der Waals surface area contributed by atoms with Crippen molar-refractivity contribution in [1.29, 1.82) is 0 Å². The Kier molecular flexibility index (Phi) is 30.3. The van der Waals surface area contributed by atoms with Crippen molar-refractivity contribution in [2.45, 2.75) is 148 Å². The molecule has 298 valence electrons. The van der Waals surface area contributed by atoms with E-state index in [2.05, 4.69) is 97.4 Å². The van der Waals surface area contributed by atoms with Gasteiger partial charge in [-0.25, -0.2) is 4.57 Å². The summed E-state index contributed by atoms with van der Waals surface area (Å²) < 4.78 is 31.9. The molecule has 2 unspecified atom stereocenters. The summed E-state index contributed by atoms with van der Waals surface area (Å²) in [6, 6.07) is 0. The molecule has 9 nitrogen and oxygen atoms in total. The summed E-state index contributed by atoms with van der Waals surface area (Å²) in [5.41, 5.74) is 0. The summed E-state index contributed by atoms with van der Waals surface area (Å²) in [5, 5.41) is 0. The number of carbonyl (C=O) groups excluding carboxylic acids is 2. The molecule has 1 rings (SSSR count). The second-order valence-corrected chi connectivity index (χ2v) is 14.1. The van der Waals surface area contributed by atoms with E-state index in [4.69, 9.17) is 24.0 Å². The summed E-state index contributed by atoms with van der Waals surface area (Å²) in [4.78, 5) is 42.7. The third-order valence-electron chi connectivity index (χ3n) is 8.01. The fraction of sp³-hybridized carbons (Fsp3) is 0.581.